The van der Waals surface area contributed by atoms with Crippen molar-refractivity contribution in [3.8, 4) is 0 Å². The Balaban J connectivity index is 0.000000236. The lowest BCUT2D eigenvalue weighted by atomic mass is 10.1. The first kappa shape index (κ1) is 98.5. The molecule has 0 saturated carbocycles. The first-order valence-electron chi connectivity index (χ1n) is 36.6. The summed E-state index contributed by atoms with van der Waals surface area (Å²) in [6.45, 7) is 0.372. The van der Waals surface area contributed by atoms with Gasteiger partial charge >= 0.3 is 119 Å². The lowest BCUT2D eigenvalue weighted by Gasteiger charge is -2.17. The van der Waals surface area contributed by atoms with E-state index in [-0.39, 0.29) is 143 Å². The van der Waals surface area contributed by atoms with Gasteiger partial charge in [0.1, 0.15) is 61.0 Å². The summed E-state index contributed by atoms with van der Waals surface area (Å²) in [5.41, 5.74) is 0. The van der Waals surface area contributed by atoms with Crippen LogP contribution in [0.4, 0.5) is 0 Å². The monoisotopic (exact) mass is 1750 g/mol. The Morgan fingerprint density at radius 1 is 0.189 bits per heavy atom. The topological polar surface area (TPSA) is 728 Å². The quantitative estimate of drug-likeness (QED) is 0.0163. The summed E-state index contributed by atoms with van der Waals surface area (Å²) in [4.78, 5) is 219. The summed E-state index contributed by atoms with van der Waals surface area (Å²) in [6, 6.07) is 0. The number of ether oxygens (including phenoxy) is 20. The van der Waals surface area contributed by atoms with Gasteiger partial charge in [-0.05, 0) is 12.8 Å². The van der Waals surface area contributed by atoms with Gasteiger partial charge in [-0.1, -0.05) is 0 Å². The summed E-state index contributed by atoms with van der Waals surface area (Å²) in [7, 11) is 0. The maximum absolute atomic E-state index is 11.7. The summed E-state index contributed by atoms with van der Waals surface area (Å²) in [5.74, 6) is -19.1. The third-order valence-electron chi connectivity index (χ3n) is 17.5. The molecule has 10 aliphatic rings. The Morgan fingerprint density at radius 3 is 0.467 bits per heavy atom. The SMILES string of the molecule is O=C(O)C=CC(=O)O[C@@H]1CO[C@H]2[C@@H]1OC[C@H]2OC(=O)C=CC(=O)O.O=C(O)C=CC(=O)O[C@H]1CO[C@H]2[C@@H]1OC[C@@H]2OC(=O)C=CC(=O)O.O=C(O)C=CC(=O)O[C@H]1CO[C@H]2[C@@H]1OC[C@H]2OC(=O)CCC(=O)O.O=C(O)CCC(=O)O[C@H]1CO[C@H]2[C@@H]1OC[C@@H]2OC(=O)CCC(=O)O.O=C(O)CCCC(=O)O[C@H]1CO[C@H]2[C@@H]1OC[C@@H]2OC(=O)CCCC(=O)O. The fourth-order valence-corrected chi connectivity index (χ4v) is 12.3. The van der Waals surface area contributed by atoms with E-state index in [2.05, 4.69) is 0 Å². The van der Waals surface area contributed by atoms with Gasteiger partial charge in [0.25, 0.3) is 0 Å². The standard InChI is InChI=1S/C16H22O10.C14H18O10.C14H16O10.2C14H14O10/c17-11(18)3-1-5-13(21)25-9-7-23-16-10(8-24-15(9)16)26-14(22)6-2-4-12(19)20;4*15-9(16)1-3-11(19)23-7-5-21-14-8(6-22-13(7)14)24-12(20)4-2-10(17)18/h9-10,15-16H,1-8H2,(H,17,18)(H,19,20);7-8,13-14H,1-6H2,(H,15,16)(H,17,18);1,3,7-8,13-14H,2,4-6H2,(H,15,16)(H,17,18);2*1-4,7-8,13-14H,5-6H2,(H,15,16)(H,17,18)/t9-,10-,15+,16+;7-,8-,13+,14+;7-,8+,13+,14+;7-,8-,13+,14+;7-,8-,13-,14-/m00001/s1. The van der Waals surface area contributed by atoms with Crippen molar-refractivity contribution >= 4 is 119 Å². The molecular weight excluding hydrogens is 1660 g/mol. The molecule has 0 aromatic rings. The first-order chi connectivity index (χ1) is 57.8. The van der Waals surface area contributed by atoms with Gasteiger partial charge in [-0.3, -0.25) is 47.9 Å². The molecule has 50 nitrogen and oxygen atoms in total. The highest BCUT2D eigenvalue weighted by Gasteiger charge is 2.56. The third kappa shape index (κ3) is 34.1. The highest BCUT2D eigenvalue weighted by molar-refractivity contribution is 5.93. The average Bonchev–Trinajstić information content (AvgIpc) is 1.68. The van der Waals surface area contributed by atoms with E-state index in [0.717, 1.165) is 30.4 Å². The molecule has 0 aromatic carbocycles. The average molecular weight is 1750 g/mol. The molecule has 20 atom stereocenters. The first-order valence-corrected chi connectivity index (χ1v) is 36.6. The highest BCUT2D eigenvalue weighted by Crippen LogP contribution is 2.36. The van der Waals surface area contributed by atoms with E-state index >= 15 is 0 Å². The molecule has 0 unspecified atom stereocenters. The lowest BCUT2D eigenvalue weighted by Crippen LogP contribution is -2.36. The Labute approximate surface area is 685 Å². The Hall–Kier alpha value is -12.3. The van der Waals surface area contributed by atoms with Crippen molar-refractivity contribution in [1.82, 2.24) is 0 Å². The van der Waals surface area contributed by atoms with Crippen LogP contribution in [0.2, 0.25) is 0 Å². The Kier molecular flexibility index (Phi) is 39.9. The molecule has 0 spiro atoms. The Morgan fingerprint density at radius 2 is 0.328 bits per heavy atom. The molecule has 10 aliphatic heterocycles. The molecule has 10 saturated heterocycles. The van der Waals surface area contributed by atoms with Crippen molar-refractivity contribution in [1.29, 1.82) is 0 Å². The molecule has 0 aliphatic carbocycles. The van der Waals surface area contributed by atoms with Crippen LogP contribution in [0.25, 0.3) is 0 Å². The van der Waals surface area contributed by atoms with Crippen LogP contribution in [0.15, 0.2) is 60.8 Å². The van der Waals surface area contributed by atoms with E-state index in [1.54, 1.807) is 0 Å². The molecule has 10 rings (SSSR count). The maximum atomic E-state index is 11.7. The van der Waals surface area contributed by atoms with Gasteiger partial charge in [0.2, 0.25) is 0 Å². The van der Waals surface area contributed by atoms with Crippen LogP contribution in [0, 0.1) is 0 Å². The van der Waals surface area contributed by atoms with E-state index < -0.39 is 241 Å². The molecule has 0 bridgehead atoms. The van der Waals surface area contributed by atoms with E-state index in [1.165, 1.54) is 0 Å². The van der Waals surface area contributed by atoms with Crippen LogP contribution in [0.1, 0.15) is 77.0 Å². The predicted molar refractivity (Wildman–Crippen MR) is 374 cm³/mol. The van der Waals surface area contributed by atoms with Crippen LogP contribution in [0.3, 0.4) is 0 Å². The number of fused-ring (bicyclic) bond motifs is 5. The van der Waals surface area contributed by atoms with Crippen LogP contribution in [0.5, 0.6) is 0 Å². The van der Waals surface area contributed by atoms with Crippen molar-refractivity contribution in [3.63, 3.8) is 0 Å². The maximum Gasteiger partial charge on any atom is 0.331 e. The van der Waals surface area contributed by atoms with Gasteiger partial charge in [0, 0.05) is 86.4 Å². The molecule has 10 heterocycles. The summed E-state index contributed by atoms with van der Waals surface area (Å²) < 4.78 is 105. The zero-order valence-corrected chi connectivity index (χ0v) is 63.7. The largest absolute Gasteiger partial charge is 0.481 e. The number of carboxylic acids is 10. The van der Waals surface area contributed by atoms with Crippen molar-refractivity contribution in [2.75, 3.05) is 66.1 Å². The van der Waals surface area contributed by atoms with Gasteiger partial charge in [0.15, 0.2) is 61.0 Å². The smallest absolute Gasteiger partial charge is 0.331 e. The summed E-state index contributed by atoms with van der Waals surface area (Å²) >= 11 is 0. The minimum atomic E-state index is -1.29. The minimum absolute atomic E-state index is 0.000993. The van der Waals surface area contributed by atoms with E-state index in [1.807, 2.05) is 0 Å². The van der Waals surface area contributed by atoms with E-state index in [9.17, 15) is 95.9 Å². The second kappa shape index (κ2) is 49.4. The lowest BCUT2D eigenvalue weighted by molar-refractivity contribution is -0.158. The van der Waals surface area contributed by atoms with Crippen LogP contribution < -0.4 is 0 Å². The predicted octanol–water partition coefficient (Wildman–Crippen LogP) is -3.65. The fraction of sp³-hybridized carbons (Fsp3) is 0.583. The van der Waals surface area contributed by atoms with Gasteiger partial charge in [-0.2, -0.15) is 0 Å². The number of esters is 10. The number of aliphatic carboxylic acids is 10. The normalized spacial score (nSPS) is 28.2. The minimum Gasteiger partial charge on any atom is -0.481 e. The molecule has 50 heteroatoms. The van der Waals surface area contributed by atoms with Gasteiger partial charge in [-0.15, -0.1) is 0 Å². The van der Waals surface area contributed by atoms with E-state index in [0.29, 0.717) is 30.4 Å². The zero-order chi connectivity index (χ0) is 89.9. The van der Waals surface area contributed by atoms with Gasteiger partial charge in [-0.25, -0.2) is 47.9 Å². The number of rotatable bonds is 37. The second-order valence-electron chi connectivity index (χ2n) is 26.5. The van der Waals surface area contributed by atoms with Crippen LogP contribution >= 0.6 is 0 Å². The Bertz CT molecular complexity index is 3640. The molecule has 0 amide bonds. The number of hydrogen-bond donors (Lipinski definition) is 10. The third-order valence-corrected chi connectivity index (χ3v) is 17.5. The number of carbonyl (C=O) groups excluding carboxylic acids is 10. The second-order valence-corrected chi connectivity index (χ2v) is 26.5. The molecule has 0 aromatic heterocycles. The summed E-state index contributed by atoms with van der Waals surface area (Å²) in [6.07, 6.45) is -7.95. The van der Waals surface area contributed by atoms with Crippen molar-refractivity contribution in [2.45, 2.75) is 199 Å². The van der Waals surface area contributed by atoms with Crippen LogP contribution in [-0.4, -0.2) is 359 Å². The van der Waals surface area contributed by atoms with Crippen LogP contribution in [-0.2, 0) is 191 Å². The van der Waals surface area contributed by atoms with Gasteiger partial charge < -0.3 is 146 Å². The molecular formula is C72H84O50. The molecule has 672 valence electrons. The van der Waals surface area contributed by atoms with Crippen molar-refractivity contribution in [2.24, 2.45) is 0 Å². The van der Waals surface area contributed by atoms with Crippen molar-refractivity contribution < 1.29 is 242 Å². The molecule has 0 radical (unpaired) electrons. The molecule has 122 heavy (non-hydrogen) atoms. The van der Waals surface area contributed by atoms with E-state index in [4.69, 9.17) is 146 Å². The molecule has 10 fully saturated rings. The number of carbonyl (C=O) groups is 20. The number of hydrogen-bond acceptors (Lipinski definition) is 40. The molecule has 10 N–H and O–H groups in total. The number of carboxylic acid groups (broad SMARTS) is 10. The highest BCUT2D eigenvalue weighted by atomic mass is 16.7. The zero-order valence-electron chi connectivity index (χ0n) is 63.7. The summed E-state index contributed by atoms with van der Waals surface area (Å²) in [5, 5.41) is 84.9. The van der Waals surface area contributed by atoms with Gasteiger partial charge in [0.05, 0.1) is 105 Å². The fourth-order valence-electron chi connectivity index (χ4n) is 12.3. The van der Waals surface area contributed by atoms with Crippen molar-refractivity contribution in [3.05, 3.63) is 60.8 Å².